The van der Waals surface area contributed by atoms with Crippen molar-refractivity contribution in [2.45, 2.75) is 20.8 Å². The first-order chi connectivity index (χ1) is 16.6. The van der Waals surface area contributed by atoms with Gasteiger partial charge < -0.3 is 5.32 Å². The molecule has 0 aromatic carbocycles. The van der Waals surface area contributed by atoms with Crippen molar-refractivity contribution in [2.24, 2.45) is 4.99 Å². The summed E-state index contributed by atoms with van der Waals surface area (Å²) in [5, 5.41) is 5.58. The highest BCUT2D eigenvalue weighted by Gasteiger charge is 2.11. The Kier molecular flexibility index (Phi) is 5.95. The zero-order valence-corrected chi connectivity index (χ0v) is 19.6. The summed E-state index contributed by atoms with van der Waals surface area (Å²) in [5.74, 6) is 0.820. The first-order valence-electron chi connectivity index (χ1n) is 11.3. The fourth-order valence-corrected chi connectivity index (χ4v) is 4.17. The van der Waals surface area contributed by atoms with E-state index in [-0.39, 0.29) is 0 Å². The first-order valence-corrected chi connectivity index (χ1v) is 11.3. The fourth-order valence-electron chi connectivity index (χ4n) is 4.17. The molecule has 6 nitrogen and oxygen atoms in total. The number of hydrogen-bond donors (Lipinski definition) is 1. The Balaban J connectivity index is 1.35. The van der Waals surface area contributed by atoms with Crippen LogP contribution in [0.1, 0.15) is 23.7 Å². The third-order valence-corrected chi connectivity index (χ3v) is 5.83. The van der Waals surface area contributed by atoms with Crippen molar-refractivity contribution in [2.75, 3.05) is 18.4 Å². The molecule has 4 aromatic heterocycles. The molecule has 0 amide bonds. The van der Waals surface area contributed by atoms with Crippen LogP contribution in [0, 0.1) is 13.8 Å². The van der Waals surface area contributed by atoms with E-state index in [1.165, 1.54) is 5.57 Å². The lowest BCUT2D eigenvalue weighted by Gasteiger charge is -2.11. The predicted molar refractivity (Wildman–Crippen MR) is 138 cm³/mol. The van der Waals surface area contributed by atoms with E-state index in [2.05, 4.69) is 62.5 Å². The van der Waals surface area contributed by atoms with Crippen molar-refractivity contribution in [1.29, 1.82) is 0 Å². The Hall–Kier alpha value is -4.19. The molecule has 0 saturated heterocycles. The van der Waals surface area contributed by atoms with Crippen molar-refractivity contribution in [1.82, 2.24) is 19.9 Å². The molecule has 1 aliphatic heterocycles. The summed E-state index contributed by atoms with van der Waals surface area (Å²) in [6.45, 7) is 7.44. The molecule has 5 heterocycles. The van der Waals surface area contributed by atoms with Gasteiger partial charge >= 0.3 is 0 Å². The number of nitrogens with zero attached hydrogens (tertiary/aromatic N) is 5. The first kappa shape index (κ1) is 21.6. The fraction of sp³-hybridized carbons (Fsp3) is 0.179. The lowest BCUT2D eigenvalue weighted by Crippen LogP contribution is -2.07. The normalized spacial score (nSPS) is 13.7. The van der Waals surface area contributed by atoms with Crippen LogP contribution in [0.25, 0.3) is 22.0 Å². The second-order valence-electron chi connectivity index (χ2n) is 8.54. The van der Waals surface area contributed by atoms with Gasteiger partial charge in [-0.05, 0) is 73.2 Å². The molecule has 0 atom stereocenters. The van der Waals surface area contributed by atoms with Gasteiger partial charge in [0.05, 0.1) is 18.0 Å². The Morgan fingerprint density at radius 1 is 0.882 bits per heavy atom. The van der Waals surface area contributed by atoms with Crippen molar-refractivity contribution in [3.63, 3.8) is 0 Å². The Morgan fingerprint density at radius 2 is 1.76 bits per heavy atom. The minimum Gasteiger partial charge on any atom is -0.365 e. The van der Waals surface area contributed by atoms with Gasteiger partial charge in [0, 0.05) is 59.7 Å². The van der Waals surface area contributed by atoms with Crippen LogP contribution in [0.15, 0.2) is 89.6 Å². The number of rotatable bonds is 5. The van der Waals surface area contributed by atoms with Crippen LogP contribution in [0.3, 0.4) is 0 Å². The van der Waals surface area contributed by atoms with Crippen molar-refractivity contribution in [3.05, 3.63) is 101 Å². The third-order valence-electron chi connectivity index (χ3n) is 5.83. The number of aromatic nitrogens is 4. The number of pyridine rings is 4. The minimum absolute atomic E-state index is 0.639. The highest BCUT2D eigenvalue weighted by Crippen LogP contribution is 2.26. The quantitative estimate of drug-likeness (QED) is 0.439. The average Bonchev–Trinajstić information content (AvgIpc) is 3.03. The molecule has 5 rings (SSSR count). The number of nitrogens with one attached hydrogen (secondary N) is 1. The van der Waals surface area contributed by atoms with Crippen LogP contribution in [0.5, 0.6) is 0 Å². The lowest BCUT2D eigenvalue weighted by atomic mass is 10.0. The van der Waals surface area contributed by atoms with Gasteiger partial charge in [-0.1, -0.05) is 12.2 Å². The van der Waals surface area contributed by atoms with Crippen molar-refractivity contribution >= 4 is 22.3 Å². The number of aryl methyl sites for hydroxylation is 2. The average molecular weight is 447 g/mol. The highest BCUT2D eigenvalue weighted by atomic mass is 15.0. The van der Waals surface area contributed by atoms with Crippen LogP contribution in [-0.4, -0.2) is 38.7 Å². The smallest absolute Gasteiger partial charge is 0.135 e. The van der Waals surface area contributed by atoms with Gasteiger partial charge in [0.15, 0.2) is 0 Å². The van der Waals surface area contributed by atoms with Crippen LogP contribution >= 0.6 is 0 Å². The molecule has 1 aliphatic rings. The SMILES string of the molecule is CC1=CC(CNc2nccc3cc(-c4cncc(C)c4)ncc23)=CCN=C1c1ccnc(C)c1. The van der Waals surface area contributed by atoms with Gasteiger partial charge in [-0.2, -0.15) is 0 Å². The monoisotopic (exact) mass is 446 g/mol. The summed E-state index contributed by atoms with van der Waals surface area (Å²) in [5.41, 5.74) is 8.45. The summed E-state index contributed by atoms with van der Waals surface area (Å²) in [6, 6.07) is 10.3. The highest BCUT2D eigenvalue weighted by molar-refractivity contribution is 6.12. The van der Waals surface area contributed by atoms with Gasteiger partial charge in [-0.15, -0.1) is 0 Å². The zero-order valence-electron chi connectivity index (χ0n) is 19.6. The van der Waals surface area contributed by atoms with Gasteiger partial charge in [0.25, 0.3) is 0 Å². The number of hydrogen-bond acceptors (Lipinski definition) is 6. The summed E-state index contributed by atoms with van der Waals surface area (Å²) in [4.78, 5) is 22.7. The number of fused-ring (bicyclic) bond motifs is 1. The van der Waals surface area contributed by atoms with E-state index >= 15 is 0 Å². The number of aliphatic imine (C=N–C) groups is 1. The second kappa shape index (κ2) is 9.35. The summed E-state index contributed by atoms with van der Waals surface area (Å²) in [6.07, 6.45) is 13.6. The largest absolute Gasteiger partial charge is 0.365 e. The van der Waals surface area contributed by atoms with E-state index < -0.39 is 0 Å². The molecule has 0 bridgehead atoms. The molecule has 0 fully saturated rings. The molecule has 0 radical (unpaired) electrons. The van der Waals surface area contributed by atoms with E-state index in [0.29, 0.717) is 13.1 Å². The van der Waals surface area contributed by atoms with Gasteiger partial charge in [0.1, 0.15) is 5.82 Å². The summed E-state index contributed by atoms with van der Waals surface area (Å²) >= 11 is 0. The minimum atomic E-state index is 0.639. The summed E-state index contributed by atoms with van der Waals surface area (Å²) < 4.78 is 0. The molecule has 0 saturated carbocycles. The van der Waals surface area contributed by atoms with E-state index in [9.17, 15) is 0 Å². The maximum Gasteiger partial charge on any atom is 0.135 e. The molecule has 1 N–H and O–H groups in total. The second-order valence-corrected chi connectivity index (χ2v) is 8.54. The molecule has 4 aromatic rings. The van der Waals surface area contributed by atoms with Crippen LogP contribution < -0.4 is 5.32 Å². The van der Waals surface area contributed by atoms with E-state index in [4.69, 9.17) is 4.99 Å². The topological polar surface area (TPSA) is 76.0 Å². The molecule has 168 valence electrons. The van der Waals surface area contributed by atoms with Crippen molar-refractivity contribution in [3.8, 4) is 11.3 Å². The molecule has 0 unspecified atom stereocenters. The van der Waals surface area contributed by atoms with E-state index in [1.54, 1.807) is 0 Å². The standard InChI is InChI=1S/C28H26N6/c1-18-10-24(16-29-14-18)26-13-22-5-9-32-28(25(22)17-33-26)34-15-21-4-7-31-27(19(2)11-21)23-6-8-30-20(3)12-23/h4-6,8-14,16-17H,7,15H2,1-3H3,(H,32,34). The lowest BCUT2D eigenvalue weighted by molar-refractivity contribution is 1.17. The van der Waals surface area contributed by atoms with Gasteiger partial charge in [0.2, 0.25) is 0 Å². The Bertz CT molecular complexity index is 1470. The van der Waals surface area contributed by atoms with Crippen LogP contribution in [0.2, 0.25) is 0 Å². The molecule has 0 spiro atoms. The number of anilines is 1. The Morgan fingerprint density at radius 3 is 2.62 bits per heavy atom. The molecule has 6 heteroatoms. The molecular formula is C28H26N6. The van der Waals surface area contributed by atoms with Gasteiger partial charge in [-0.3, -0.25) is 19.9 Å². The number of allylic oxidation sites excluding steroid dienone is 1. The van der Waals surface area contributed by atoms with Crippen LogP contribution in [-0.2, 0) is 0 Å². The molecule has 34 heavy (non-hydrogen) atoms. The van der Waals surface area contributed by atoms with Gasteiger partial charge in [-0.25, -0.2) is 4.98 Å². The molecule has 0 aliphatic carbocycles. The molecular weight excluding hydrogens is 420 g/mol. The van der Waals surface area contributed by atoms with E-state index in [0.717, 1.165) is 56.0 Å². The van der Waals surface area contributed by atoms with Crippen molar-refractivity contribution < 1.29 is 0 Å². The predicted octanol–water partition coefficient (Wildman–Crippen LogP) is 5.49. The Labute approximate surface area is 199 Å². The summed E-state index contributed by atoms with van der Waals surface area (Å²) in [7, 11) is 0. The van der Waals surface area contributed by atoms with Crippen LogP contribution in [0.4, 0.5) is 5.82 Å². The third kappa shape index (κ3) is 4.62. The zero-order chi connectivity index (χ0) is 23.5. The maximum atomic E-state index is 4.80. The van der Waals surface area contributed by atoms with E-state index in [1.807, 2.05) is 57.0 Å². The maximum absolute atomic E-state index is 4.80.